The lowest BCUT2D eigenvalue weighted by Crippen LogP contribution is -2.39. The highest BCUT2D eigenvalue weighted by molar-refractivity contribution is 4.81. The molecule has 2 rings (SSSR count). The van der Waals surface area contributed by atoms with Crippen LogP contribution in [-0.4, -0.2) is 24.8 Å². The standard InChI is InChI=1S/C12H23NO/c1-9-5-6-13-11(7-9)8-12-4-3-10(2)14-12/h9-13H,3-8H2,1-2H3. The van der Waals surface area contributed by atoms with Crippen LogP contribution in [0.25, 0.3) is 0 Å². The molecule has 2 heterocycles. The van der Waals surface area contributed by atoms with E-state index in [1.54, 1.807) is 0 Å². The van der Waals surface area contributed by atoms with Gasteiger partial charge in [-0.3, -0.25) is 0 Å². The van der Waals surface area contributed by atoms with E-state index in [4.69, 9.17) is 4.74 Å². The van der Waals surface area contributed by atoms with Crippen LogP contribution in [-0.2, 0) is 4.74 Å². The Balaban J connectivity index is 1.74. The minimum atomic E-state index is 0.501. The molecule has 2 heteroatoms. The Morgan fingerprint density at radius 1 is 1.21 bits per heavy atom. The van der Waals surface area contributed by atoms with Gasteiger partial charge in [-0.15, -0.1) is 0 Å². The van der Waals surface area contributed by atoms with Crippen molar-refractivity contribution in [2.24, 2.45) is 5.92 Å². The summed E-state index contributed by atoms with van der Waals surface area (Å²) in [5.74, 6) is 0.903. The monoisotopic (exact) mass is 197 g/mol. The Bertz CT molecular complexity index is 183. The third-order valence-corrected chi connectivity index (χ3v) is 3.62. The zero-order valence-corrected chi connectivity index (χ0v) is 9.46. The fraction of sp³-hybridized carbons (Fsp3) is 1.00. The van der Waals surface area contributed by atoms with Gasteiger partial charge in [-0.25, -0.2) is 0 Å². The Morgan fingerprint density at radius 2 is 2.07 bits per heavy atom. The molecule has 2 saturated heterocycles. The first-order valence-electron chi connectivity index (χ1n) is 6.13. The minimum absolute atomic E-state index is 0.501. The van der Waals surface area contributed by atoms with Crippen LogP contribution in [0.4, 0.5) is 0 Å². The Kier molecular flexibility index (Phi) is 3.45. The first-order valence-corrected chi connectivity index (χ1v) is 6.13. The third-order valence-electron chi connectivity index (χ3n) is 3.62. The maximum Gasteiger partial charge on any atom is 0.0594 e. The molecule has 14 heavy (non-hydrogen) atoms. The molecule has 2 aliphatic rings. The molecule has 0 aromatic heterocycles. The SMILES string of the molecule is CC1CCNC(CC2CCC(C)O2)C1. The molecule has 0 aromatic rings. The lowest BCUT2D eigenvalue weighted by molar-refractivity contribution is 0.0410. The molecule has 2 aliphatic heterocycles. The average Bonchev–Trinajstić information content (AvgIpc) is 2.51. The molecule has 0 radical (unpaired) electrons. The van der Waals surface area contributed by atoms with Crippen molar-refractivity contribution in [1.29, 1.82) is 0 Å². The van der Waals surface area contributed by atoms with Crippen molar-refractivity contribution in [2.75, 3.05) is 6.54 Å². The highest BCUT2D eigenvalue weighted by atomic mass is 16.5. The van der Waals surface area contributed by atoms with Gasteiger partial charge in [0.2, 0.25) is 0 Å². The zero-order valence-electron chi connectivity index (χ0n) is 9.46. The van der Waals surface area contributed by atoms with Gasteiger partial charge in [0.05, 0.1) is 12.2 Å². The van der Waals surface area contributed by atoms with Crippen LogP contribution in [0.15, 0.2) is 0 Å². The van der Waals surface area contributed by atoms with Crippen molar-refractivity contribution in [3.8, 4) is 0 Å². The largest absolute Gasteiger partial charge is 0.375 e. The van der Waals surface area contributed by atoms with Gasteiger partial charge in [-0.1, -0.05) is 6.92 Å². The zero-order chi connectivity index (χ0) is 9.97. The maximum absolute atomic E-state index is 5.86. The van der Waals surface area contributed by atoms with E-state index in [0.29, 0.717) is 18.2 Å². The van der Waals surface area contributed by atoms with E-state index < -0.39 is 0 Å². The second kappa shape index (κ2) is 4.63. The first-order chi connectivity index (χ1) is 6.74. The summed E-state index contributed by atoms with van der Waals surface area (Å²) in [5.41, 5.74) is 0. The van der Waals surface area contributed by atoms with Gasteiger partial charge >= 0.3 is 0 Å². The molecular formula is C12H23NO. The highest BCUT2D eigenvalue weighted by Gasteiger charge is 2.26. The Hall–Kier alpha value is -0.0800. The maximum atomic E-state index is 5.86. The minimum Gasteiger partial charge on any atom is -0.375 e. The molecule has 2 fully saturated rings. The van der Waals surface area contributed by atoms with E-state index in [1.807, 2.05) is 0 Å². The molecule has 82 valence electrons. The van der Waals surface area contributed by atoms with Crippen molar-refractivity contribution in [3.63, 3.8) is 0 Å². The molecule has 0 saturated carbocycles. The highest BCUT2D eigenvalue weighted by Crippen LogP contribution is 2.26. The van der Waals surface area contributed by atoms with Crippen molar-refractivity contribution < 1.29 is 4.74 Å². The quantitative estimate of drug-likeness (QED) is 0.733. The third kappa shape index (κ3) is 2.71. The summed E-state index contributed by atoms with van der Waals surface area (Å²) in [6, 6.07) is 0.717. The van der Waals surface area contributed by atoms with E-state index in [2.05, 4.69) is 19.2 Å². The number of rotatable bonds is 2. The van der Waals surface area contributed by atoms with Gasteiger partial charge in [0.15, 0.2) is 0 Å². The molecule has 0 aliphatic carbocycles. The average molecular weight is 197 g/mol. The van der Waals surface area contributed by atoms with Crippen LogP contribution < -0.4 is 5.32 Å². The summed E-state index contributed by atoms with van der Waals surface area (Å²) < 4.78 is 5.86. The number of nitrogens with one attached hydrogen (secondary N) is 1. The van der Waals surface area contributed by atoms with E-state index in [1.165, 1.54) is 38.6 Å². The summed E-state index contributed by atoms with van der Waals surface area (Å²) in [6.45, 7) is 5.76. The summed E-state index contributed by atoms with van der Waals surface area (Å²) >= 11 is 0. The fourth-order valence-corrected chi connectivity index (χ4v) is 2.78. The van der Waals surface area contributed by atoms with Gasteiger partial charge in [-0.05, 0) is 51.5 Å². The number of hydrogen-bond donors (Lipinski definition) is 1. The van der Waals surface area contributed by atoms with Crippen LogP contribution in [0.2, 0.25) is 0 Å². The predicted octanol–water partition coefficient (Wildman–Crippen LogP) is 2.33. The summed E-state index contributed by atoms with van der Waals surface area (Å²) in [4.78, 5) is 0. The molecule has 0 amide bonds. The fourth-order valence-electron chi connectivity index (χ4n) is 2.78. The van der Waals surface area contributed by atoms with E-state index in [9.17, 15) is 0 Å². The van der Waals surface area contributed by atoms with Gasteiger partial charge < -0.3 is 10.1 Å². The second-order valence-electron chi connectivity index (χ2n) is 5.16. The number of hydrogen-bond acceptors (Lipinski definition) is 2. The first kappa shape index (κ1) is 10.4. The lowest BCUT2D eigenvalue weighted by atomic mass is 9.91. The summed E-state index contributed by atoms with van der Waals surface area (Å²) in [6.07, 6.45) is 7.48. The van der Waals surface area contributed by atoms with Crippen molar-refractivity contribution >= 4 is 0 Å². The van der Waals surface area contributed by atoms with Crippen molar-refractivity contribution in [1.82, 2.24) is 5.32 Å². The molecule has 4 unspecified atom stereocenters. The predicted molar refractivity (Wildman–Crippen MR) is 58.4 cm³/mol. The molecule has 2 nitrogen and oxygen atoms in total. The van der Waals surface area contributed by atoms with Gasteiger partial charge in [0.1, 0.15) is 0 Å². The molecule has 0 bridgehead atoms. The molecule has 1 N–H and O–H groups in total. The Labute approximate surface area is 87.4 Å². The van der Waals surface area contributed by atoms with Crippen molar-refractivity contribution in [2.45, 2.75) is 64.2 Å². The van der Waals surface area contributed by atoms with E-state index in [0.717, 1.165) is 5.92 Å². The summed E-state index contributed by atoms with van der Waals surface area (Å²) in [7, 11) is 0. The van der Waals surface area contributed by atoms with Crippen LogP contribution in [0.5, 0.6) is 0 Å². The number of piperidine rings is 1. The van der Waals surface area contributed by atoms with Crippen molar-refractivity contribution in [3.05, 3.63) is 0 Å². The topological polar surface area (TPSA) is 21.3 Å². The smallest absolute Gasteiger partial charge is 0.0594 e. The van der Waals surface area contributed by atoms with E-state index >= 15 is 0 Å². The normalized spacial score (nSPS) is 44.1. The molecular weight excluding hydrogens is 174 g/mol. The molecule has 0 aromatic carbocycles. The molecule has 4 atom stereocenters. The molecule has 0 spiro atoms. The van der Waals surface area contributed by atoms with Crippen LogP contribution in [0, 0.1) is 5.92 Å². The Morgan fingerprint density at radius 3 is 2.71 bits per heavy atom. The summed E-state index contributed by atoms with van der Waals surface area (Å²) in [5, 5.41) is 3.61. The van der Waals surface area contributed by atoms with Gasteiger partial charge in [0.25, 0.3) is 0 Å². The van der Waals surface area contributed by atoms with Crippen LogP contribution in [0.1, 0.15) is 46.0 Å². The lowest BCUT2D eigenvalue weighted by Gasteiger charge is -2.29. The van der Waals surface area contributed by atoms with Crippen LogP contribution >= 0.6 is 0 Å². The van der Waals surface area contributed by atoms with Gasteiger partial charge in [0, 0.05) is 6.04 Å². The van der Waals surface area contributed by atoms with E-state index in [-0.39, 0.29) is 0 Å². The van der Waals surface area contributed by atoms with Crippen LogP contribution in [0.3, 0.4) is 0 Å². The van der Waals surface area contributed by atoms with Gasteiger partial charge in [-0.2, -0.15) is 0 Å². The number of ether oxygens (including phenoxy) is 1. The second-order valence-corrected chi connectivity index (χ2v) is 5.16.